The molecule has 8 heteroatoms. The molecule has 196 valence electrons. The molecule has 1 heterocycles. The van der Waals surface area contributed by atoms with E-state index in [2.05, 4.69) is 25.9 Å². The van der Waals surface area contributed by atoms with Gasteiger partial charge < -0.3 is 9.63 Å². The summed E-state index contributed by atoms with van der Waals surface area (Å²) >= 11 is 0. The normalized spacial score (nSPS) is 21.1. The molecule has 1 N–H and O–H groups in total. The highest BCUT2D eigenvalue weighted by molar-refractivity contribution is 7.92. The SMILES string of the molecule is CC(C)(C)CC1CC(c2onc([C@@H](CCC(=O)O)CC(=O)CS(=O)(=O)c3ccccc3)c2C2CC2)C1. The van der Waals surface area contributed by atoms with E-state index in [4.69, 9.17) is 4.52 Å². The first-order valence-electron chi connectivity index (χ1n) is 12.9. The molecular formula is C28H37NO6S. The Morgan fingerprint density at radius 2 is 1.78 bits per heavy atom. The second-order valence-electron chi connectivity index (χ2n) is 11.9. The van der Waals surface area contributed by atoms with Crippen LogP contribution in [0, 0.1) is 11.3 Å². The van der Waals surface area contributed by atoms with E-state index in [0.717, 1.165) is 43.4 Å². The van der Waals surface area contributed by atoms with E-state index in [0.29, 0.717) is 23.4 Å². The third-order valence-corrected chi connectivity index (χ3v) is 8.99. The molecule has 0 spiro atoms. The molecule has 0 aliphatic heterocycles. The monoisotopic (exact) mass is 515 g/mol. The number of hydrogen-bond acceptors (Lipinski definition) is 6. The van der Waals surface area contributed by atoms with Gasteiger partial charge >= 0.3 is 5.97 Å². The van der Waals surface area contributed by atoms with Crippen LogP contribution in [0.2, 0.25) is 0 Å². The van der Waals surface area contributed by atoms with Crippen LogP contribution in [0.15, 0.2) is 39.8 Å². The summed E-state index contributed by atoms with van der Waals surface area (Å²) in [7, 11) is -3.77. The van der Waals surface area contributed by atoms with E-state index < -0.39 is 33.3 Å². The Hall–Kier alpha value is -2.48. The minimum Gasteiger partial charge on any atom is -0.481 e. The van der Waals surface area contributed by atoms with Crippen molar-refractivity contribution in [2.24, 2.45) is 11.3 Å². The van der Waals surface area contributed by atoms with Crippen molar-refractivity contribution in [1.82, 2.24) is 5.16 Å². The van der Waals surface area contributed by atoms with Gasteiger partial charge in [-0.2, -0.15) is 0 Å². The quantitative estimate of drug-likeness (QED) is 0.376. The van der Waals surface area contributed by atoms with E-state index in [1.165, 1.54) is 12.1 Å². The van der Waals surface area contributed by atoms with Crippen LogP contribution in [0.25, 0.3) is 0 Å². The van der Waals surface area contributed by atoms with E-state index >= 15 is 0 Å². The van der Waals surface area contributed by atoms with Gasteiger partial charge in [0, 0.05) is 30.2 Å². The van der Waals surface area contributed by atoms with Crippen molar-refractivity contribution in [2.45, 2.75) is 94.8 Å². The molecule has 2 fully saturated rings. The van der Waals surface area contributed by atoms with E-state index in [1.54, 1.807) is 18.2 Å². The second-order valence-corrected chi connectivity index (χ2v) is 13.9. The summed E-state index contributed by atoms with van der Waals surface area (Å²) in [6.07, 6.45) is 5.36. The van der Waals surface area contributed by atoms with Gasteiger partial charge in [0.2, 0.25) is 0 Å². The summed E-state index contributed by atoms with van der Waals surface area (Å²) in [5.41, 5.74) is 2.01. The highest BCUT2D eigenvalue weighted by Gasteiger charge is 2.42. The van der Waals surface area contributed by atoms with E-state index in [9.17, 15) is 23.1 Å². The number of carbonyl (C=O) groups excluding carboxylic acids is 1. The Kier molecular flexibility index (Phi) is 7.74. The molecule has 2 saturated carbocycles. The number of aromatic nitrogens is 1. The van der Waals surface area contributed by atoms with Crippen LogP contribution < -0.4 is 0 Å². The fourth-order valence-electron chi connectivity index (χ4n) is 5.57. The lowest BCUT2D eigenvalue weighted by atomic mass is 9.66. The first kappa shape index (κ1) is 26.6. The molecule has 2 aliphatic rings. The second kappa shape index (κ2) is 10.5. The lowest BCUT2D eigenvalue weighted by Gasteiger charge is -2.38. The third kappa shape index (κ3) is 6.64. The van der Waals surface area contributed by atoms with Crippen molar-refractivity contribution < 1.29 is 27.6 Å². The van der Waals surface area contributed by atoms with Crippen molar-refractivity contribution in [3.8, 4) is 0 Å². The Bertz CT molecular complexity index is 1180. The van der Waals surface area contributed by atoms with Crippen molar-refractivity contribution in [2.75, 3.05) is 5.75 Å². The van der Waals surface area contributed by atoms with Gasteiger partial charge in [-0.05, 0) is 67.9 Å². The summed E-state index contributed by atoms with van der Waals surface area (Å²) in [5.74, 6) is -0.272. The highest BCUT2D eigenvalue weighted by atomic mass is 32.2. The fourth-order valence-corrected chi connectivity index (χ4v) is 6.85. The maximum absolute atomic E-state index is 13.0. The molecular weight excluding hydrogens is 478 g/mol. The number of aliphatic carboxylic acids is 1. The molecule has 2 aliphatic carbocycles. The van der Waals surface area contributed by atoms with Crippen LogP contribution >= 0.6 is 0 Å². The standard InChI is InChI=1S/C28H37NO6S/c1-28(2,3)16-18-13-21(14-18)27-25(19-9-10-19)26(29-35-27)20(11-12-24(31)32)15-22(30)17-36(33,34)23-7-5-4-6-8-23/h4-8,18-21H,9-17H2,1-3H3,(H,31,32)/t18?,20-,21?/m0/s1. The van der Waals surface area contributed by atoms with Crippen molar-refractivity contribution in [1.29, 1.82) is 0 Å². The van der Waals surface area contributed by atoms with Crippen LogP contribution in [-0.2, 0) is 19.4 Å². The summed E-state index contributed by atoms with van der Waals surface area (Å²) in [4.78, 5) is 24.4. The molecule has 0 amide bonds. The van der Waals surface area contributed by atoms with Crippen molar-refractivity contribution in [3.63, 3.8) is 0 Å². The van der Waals surface area contributed by atoms with Crippen LogP contribution in [0.1, 0.15) is 107 Å². The zero-order valence-electron chi connectivity index (χ0n) is 21.4. The lowest BCUT2D eigenvalue weighted by molar-refractivity contribution is -0.137. The largest absolute Gasteiger partial charge is 0.481 e. The minimum absolute atomic E-state index is 0.0671. The van der Waals surface area contributed by atoms with Gasteiger partial charge in [0.25, 0.3) is 0 Å². The highest BCUT2D eigenvalue weighted by Crippen LogP contribution is 2.53. The number of benzene rings is 1. The molecule has 7 nitrogen and oxygen atoms in total. The summed E-state index contributed by atoms with van der Waals surface area (Å²) in [6.45, 7) is 6.76. The number of carboxylic acids is 1. The zero-order chi connectivity index (χ0) is 26.1. The third-order valence-electron chi connectivity index (χ3n) is 7.30. The van der Waals surface area contributed by atoms with E-state index in [-0.39, 0.29) is 29.6 Å². The maximum atomic E-state index is 13.0. The molecule has 2 aromatic rings. The topological polar surface area (TPSA) is 115 Å². The van der Waals surface area contributed by atoms with Gasteiger partial charge in [0.15, 0.2) is 9.84 Å². The maximum Gasteiger partial charge on any atom is 0.303 e. The Labute approximate surface area is 213 Å². The molecule has 36 heavy (non-hydrogen) atoms. The smallest absolute Gasteiger partial charge is 0.303 e. The molecule has 1 aromatic heterocycles. The molecule has 0 unspecified atom stereocenters. The predicted molar refractivity (Wildman–Crippen MR) is 136 cm³/mol. The Morgan fingerprint density at radius 1 is 1.11 bits per heavy atom. The van der Waals surface area contributed by atoms with Crippen LogP contribution in [0.5, 0.6) is 0 Å². The van der Waals surface area contributed by atoms with Gasteiger partial charge in [-0.1, -0.05) is 44.1 Å². The molecule has 0 bridgehead atoms. The number of sulfone groups is 1. The number of nitrogens with zero attached hydrogens (tertiary/aromatic N) is 1. The number of carbonyl (C=O) groups is 2. The fraction of sp³-hybridized carbons (Fsp3) is 0.607. The Morgan fingerprint density at radius 3 is 2.36 bits per heavy atom. The number of ketones is 1. The van der Waals surface area contributed by atoms with Gasteiger partial charge in [-0.25, -0.2) is 8.42 Å². The molecule has 0 saturated heterocycles. The zero-order valence-corrected chi connectivity index (χ0v) is 22.2. The average molecular weight is 516 g/mol. The minimum atomic E-state index is -3.77. The van der Waals surface area contributed by atoms with Gasteiger partial charge in [-0.3, -0.25) is 9.59 Å². The van der Waals surface area contributed by atoms with Gasteiger partial charge in [-0.15, -0.1) is 0 Å². The summed E-state index contributed by atoms with van der Waals surface area (Å²) < 4.78 is 31.4. The summed E-state index contributed by atoms with van der Waals surface area (Å²) in [5, 5.41) is 13.7. The van der Waals surface area contributed by atoms with Crippen LogP contribution in [0.4, 0.5) is 0 Å². The van der Waals surface area contributed by atoms with Crippen molar-refractivity contribution >= 4 is 21.6 Å². The van der Waals surface area contributed by atoms with Crippen molar-refractivity contribution in [3.05, 3.63) is 47.3 Å². The molecule has 4 rings (SSSR count). The summed E-state index contributed by atoms with van der Waals surface area (Å²) in [6, 6.07) is 7.92. The lowest BCUT2D eigenvalue weighted by Crippen LogP contribution is -2.26. The first-order valence-corrected chi connectivity index (χ1v) is 14.6. The number of Topliss-reactive ketones (excluding diaryl/α,β-unsaturated/α-hetero) is 1. The molecule has 1 atom stereocenters. The Balaban J connectivity index is 1.52. The number of carboxylic acid groups (broad SMARTS) is 1. The number of hydrogen-bond donors (Lipinski definition) is 1. The van der Waals surface area contributed by atoms with Gasteiger partial charge in [0.05, 0.1) is 10.6 Å². The first-order chi connectivity index (χ1) is 16.9. The average Bonchev–Trinajstić information content (AvgIpc) is 3.51. The van der Waals surface area contributed by atoms with Gasteiger partial charge in [0.1, 0.15) is 17.3 Å². The van der Waals surface area contributed by atoms with E-state index in [1.807, 2.05) is 0 Å². The number of rotatable bonds is 12. The molecule has 1 aromatic carbocycles. The molecule has 0 radical (unpaired) electrons. The van der Waals surface area contributed by atoms with Crippen LogP contribution in [-0.4, -0.2) is 36.2 Å². The predicted octanol–water partition coefficient (Wildman–Crippen LogP) is 5.86. The van der Waals surface area contributed by atoms with Crippen LogP contribution in [0.3, 0.4) is 0 Å².